The maximum Gasteiger partial charge on any atom is 0.0403 e. The van der Waals surface area contributed by atoms with E-state index in [0.717, 1.165) is 6.42 Å². The van der Waals surface area contributed by atoms with Gasteiger partial charge >= 0.3 is 0 Å². The number of halogens is 1. The second-order valence-corrected chi connectivity index (χ2v) is 5.25. The topological polar surface area (TPSA) is 12.9 Å². The van der Waals surface area contributed by atoms with E-state index in [1.54, 1.807) is 0 Å². The lowest BCUT2D eigenvalue weighted by Gasteiger charge is -2.02. The zero-order valence-corrected chi connectivity index (χ0v) is 13.2. The molecule has 1 nitrogen and oxygen atoms in total. The minimum absolute atomic E-state index is 0. The van der Waals surface area contributed by atoms with Crippen LogP contribution in [0.15, 0.2) is 24.4 Å². The van der Waals surface area contributed by atoms with Crippen molar-refractivity contribution in [1.29, 1.82) is 0 Å². The molecule has 0 atom stereocenters. The number of aryl methyl sites for hydroxylation is 1. The van der Waals surface area contributed by atoms with E-state index in [2.05, 4.69) is 24.0 Å². The number of hydrogen-bond acceptors (Lipinski definition) is 1. The number of unbranched alkanes of at least 4 members (excludes halogenated alkanes) is 9. The predicted molar refractivity (Wildman–Crippen MR) is 79.8 cm³/mol. The lowest BCUT2D eigenvalue weighted by atomic mass is 10.1. The highest BCUT2D eigenvalue weighted by Crippen LogP contribution is 2.11. The standard InChI is InChI=1S/C17H29N.ClH/c1-2-3-4-5-6-7-8-9-10-11-14-17-15-12-13-16-18-17;/h12-13,15-16H,2-11,14H2,1H3;1H/p-1. The van der Waals surface area contributed by atoms with Crippen molar-refractivity contribution in [2.45, 2.75) is 77.6 Å². The van der Waals surface area contributed by atoms with Gasteiger partial charge in [0.15, 0.2) is 0 Å². The number of aromatic nitrogens is 1. The Morgan fingerprint density at radius 3 is 1.89 bits per heavy atom. The Bertz CT molecular complexity index is 274. The van der Waals surface area contributed by atoms with E-state index in [1.807, 2.05) is 12.3 Å². The fourth-order valence-corrected chi connectivity index (χ4v) is 2.34. The van der Waals surface area contributed by atoms with E-state index in [-0.39, 0.29) is 12.4 Å². The molecule has 0 fully saturated rings. The molecule has 1 rings (SSSR count). The van der Waals surface area contributed by atoms with Gasteiger partial charge in [-0.3, -0.25) is 4.98 Å². The van der Waals surface area contributed by atoms with Crippen molar-refractivity contribution >= 4 is 0 Å². The second-order valence-electron chi connectivity index (χ2n) is 5.25. The average Bonchev–Trinajstić information content (AvgIpc) is 2.42. The average molecular weight is 283 g/mol. The molecular formula is C17H29ClN-. The van der Waals surface area contributed by atoms with Crippen LogP contribution in [-0.2, 0) is 6.42 Å². The minimum atomic E-state index is 0. The van der Waals surface area contributed by atoms with Gasteiger partial charge in [-0.2, -0.15) is 0 Å². The molecule has 1 aromatic rings. The summed E-state index contributed by atoms with van der Waals surface area (Å²) in [6.07, 6.45) is 17.1. The van der Waals surface area contributed by atoms with Crippen molar-refractivity contribution in [3.8, 4) is 0 Å². The van der Waals surface area contributed by atoms with Crippen LogP contribution in [0.4, 0.5) is 0 Å². The van der Waals surface area contributed by atoms with Gasteiger partial charge in [-0.25, -0.2) is 0 Å². The smallest absolute Gasteiger partial charge is 0.0403 e. The maximum atomic E-state index is 4.35. The van der Waals surface area contributed by atoms with Gasteiger partial charge in [0.1, 0.15) is 0 Å². The fourth-order valence-electron chi connectivity index (χ4n) is 2.34. The number of hydrogen-bond donors (Lipinski definition) is 0. The first-order chi connectivity index (χ1) is 8.93. The van der Waals surface area contributed by atoms with E-state index in [1.165, 1.54) is 69.9 Å². The summed E-state index contributed by atoms with van der Waals surface area (Å²) in [5.74, 6) is 0. The van der Waals surface area contributed by atoms with Gasteiger partial charge in [-0.15, -0.1) is 0 Å². The molecule has 1 heterocycles. The zero-order valence-electron chi connectivity index (χ0n) is 12.4. The summed E-state index contributed by atoms with van der Waals surface area (Å²) >= 11 is 0. The van der Waals surface area contributed by atoms with Gasteiger partial charge < -0.3 is 12.4 Å². The predicted octanol–water partition coefficient (Wildman–Crippen LogP) is 2.55. The van der Waals surface area contributed by atoms with Crippen LogP contribution >= 0.6 is 0 Å². The molecule has 0 saturated heterocycles. The maximum absolute atomic E-state index is 4.35. The summed E-state index contributed by atoms with van der Waals surface area (Å²) in [7, 11) is 0. The third-order valence-electron chi connectivity index (χ3n) is 3.51. The van der Waals surface area contributed by atoms with Gasteiger partial charge in [-0.05, 0) is 25.0 Å². The van der Waals surface area contributed by atoms with E-state index < -0.39 is 0 Å². The van der Waals surface area contributed by atoms with Crippen LogP contribution < -0.4 is 12.4 Å². The number of pyridine rings is 1. The highest BCUT2D eigenvalue weighted by molar-refractivity contribution is 5.03. The third-order valence-corrected chi connectivity index (χ3v) is 3.51. The van der Waals surface area contributed by atoms with Crippen LogP contribution in [0.2, 0.25) is 0 Å². The lowest BCUT2D eigenvalue weighted by molar-refractivity contribution is -0.00000401. The molecule has 2 heteroatoms. The molecule has 0 aliphatic heterocycles. The van der Waals surface area contributed by atoms with E-state index in [9.17, 15) is 0 Å². The Labute approximate surface area is 125 Å². The lowest BCUT2D eigenvalue weighted by Crippen LogP contribution is -3.00. The van der Waals surface area contributed by atoms with Crippen LogP contribution in [0.3, 0.4) is 0 Å². The van der Waals surface area contributed by atoms with Crippen LogP contribution in [0.25, 0.3) is 0 Å². The van der Waals surface area contributed by atoms with Crippen molar-refractivity contribution < 1.29 is 12.4 Å². The Morgan fingerprint density at radius 1 is 0.789 bits per heavy atom. The van der Waals surface area contributed by atoms with Gasteiger partial charge in [0, 0.05) is 11.9 Å². The molecule has 0 aromatic carbocycles. The van der Waals surface area contributed by atoms with Crippen molar-refractivity contribution in [3.63, 3.8) is 0 Å². The molecule has 0 aliphatic rings. The minimum Gasteiger partial charge on any atom is -1.00 e. The summed E-state index contributed by atoms with van der Waals surface area (Å²) in [5, 5.41) is 0. The van der Waals surface area contributed by atoms with Crippen LogP contribution in [-0.4, -0.2) is 4.98 Å². The molecule has 0 saturated carbocycles. The zero-order chi connectivity index (χ0) is 12.9. The van der Waals surface area contributed by atoms with Crippen molar-refractivity contribution in [3.05, 3.63) is 30.1 Å². The summed E-state index contributed by atoms with van der Waals surface area (Å²) in [6.45, 7) is 2.28. The van der Waals surface area contributed by atoms with Gasteiger partial charge in [0.2, 0.25) is 0 Å². The molecule has 0 spiro atoms. The molecule has 1 aromatic heterocycles. The SMILES string of the molecule is CCCCCCCCCCCCc1ccccn1.[Cl-]. The first kappa shape index (κ1) is 18.4. The number of rotatable bonds is 11. The quantitative estimate of drug-likeness (QED) is 0.569. The second kappa shape index (κ2) is 13.9. The van der Waals surface area contributed by atoms with E-state index in [0.29, 0.717) is 0 Å². The molecule has 110 valence electrons. The fraction of sp³-hybridized carbons (Fsp3) is 0.706. The Morgan fingerprint density at radius 2 is 1.37 bits per heavy atom. The molecule has 0 radical (unpaired) electrons. The van der Waals surface area contributed by atoms with Crippen molar-refractivity contribution in [1.82, 2.24) is 4.98 Å². The normalized spacial score (nSPS) is 10.2. The molecule has 0 amide bonds. The first-order valence-electron chi connectivity index (χ1n) is 7.83. The molecule has 0 bridgehead atoms. The monoisotopic (exact) mass is 282 g/mol. The van der Waals surface area contributed by atoms with E-state index >= 15 is 0 Å². The molecule has 0 aliphatic carbocycles. The van der Waals surface area contributed by atoms with Gasteiger partial charge in [0.25, 0.3) is 0 Å². The first-order valence-corrected chi connectivity index (χ1v) is 7.83. The molecular weight excluding hydrogens is 254 g/mol. The van der Waals surface area contributed by atoms with Crippen LogP contribution in [0, 0.1) is 0 Å². The van der Waals surface area contributed by atoms with Crippen molar-refractivity contribution in [2.24, 2.45) is 0 Å². The Hall–Kier alpha value is -0.560. The Balaban J connectivity index is 0.00000324. The molecule has 19 heavy (non-hydrogen) atoms. The summed E-state index contributed by atoms with van der Waals surface area (Å²) < 4.78 is 0. The Kier molecular flexibility index (Phi) is 13.5. The summed E-state index contributed by atoms with van der Waals surface area (Å²) in [6, 6.07) is 6.20. The van der Waals surface area contributed by atoms with Gasteiger partial charge in [0.05, 0.1) is 0 Å². The highest BCUT2D eigenvalue weighted by Gasteiger charge is 1.94. The molecule has 0 unspecified atom stereocenters. The summed E-state index contributed by atoms with van der Waals surface area (Å²) in [4.78, 5) is 4.35. The number of nitrogens with zero attached hydrogens (tertiary/aromatic N) is 1. The van der Waals surface area contributed by atoms with Crippen LogP contribution in [0.5, 0.6) is 0 Å². The van der Waals surface area contributed by atoms with Crippen molar-refractivity contribution in [2.75, 3.05) is 0 Å². The van der Waals surface area contributed by atoms with Crippen LogP contribution in [0.1, 0.15) is 76.8 Å². The van der Waals surface area contributed by atoms with Gasteiger partial charge in [-0.1, -0.05) is 70.8 Å². The highest BCUT2D eigenvalue weighted by atomic mass is 35.5. The van der Waals surface area contributed by atoms with E-state index in [4.69, 9.17) is 0 Å². The molecule has 0 N–H and O–H groups in total. The third kappa shape index (κ3) is 11.0. The largest absolute Gasteiger partial charge is 1.00 e. The summed E-state index contributed by atoms with van der Waals surface area (Å²) in [5.41, 5.74) is 1.25.